The molecule has 108 valence electrons. The van der Waals surface area contributed by atoms with E-state index in [1.54, 1.807) is 26.0 Å². The van der Waals surface area contributed by atoms with Gasteiger partial charge in [0, 0.05) is 6.54 Å². The number of methoxy groups -OCH3 is 2. The Labute approximate surface area is 123 Å². The van der Waals surface area contributed by atoms with Gasteiger partial charge in [-0.25, -0.2) is 0 Å². The number of hydrogen-bond acceptors (Lipinski definition) is 4. The molecule has 0 spiro atoms. The Hall–Kier alpha value is -1.62. The molecule has 1 heterocycles. The van der Waals surface area contributed by atoms with Crippen LogP contribution in [-0.4, -0.2) is 37.3 Å². The van der Waals surface area contributed by atoms with Gasteiger partial charge in [0.05, 0.1) is 25.5 Å². The van der Waals surface area contributed by atoms with E-state index in [4.69, 9.17) is 9.47 Å². The second kappa shape index (κ2) is 6.22. The SMILES string of the molecule is C=C(C)CN1C(=O)CSC1c1c(OC)cccc1OC. The third kappa shape index (κ3) is 2.77. The highest BCUT2D eigenvalue weighted by molar-refractivity contribution is 8.00. The lowest BCUT2D eigenvalue weighted by molar-refractivity contribution is -0.127. The van der Waals surface area contributed by atoms with Crippen molar-refractivity contribution in [3.8, 4) is 11.5 Å². The van der Waals surface area contributed by atoms with Crippen molar-refractivity contribution in [1.29, 1.82) is 0 Å². The Morgan fingerprint density at radius 2 is 2.00 bits per heavy atom. The molecule has 4 nitrogen and oxygen atoms in total. The molecule has 1 aromatic carbocycles. The van der Waals surface area contributed by atoms with E-state index in [1.165, 1.54) is 0 Å². The topological polar surface area (TPSA) is 38.8 Å². The molecule has 1 aromatic rings. The molecule has 1 atom stereocenters. The smallest absolute Gasteiger partial charge is 0.234 e. The first-order valence-corrected chi connectivity index (χ1v) is 7.39. The van der Waals surface area contributed by atoms with E-state index in [0.29, 0.717) is 12.3 Å². The molecular weight excluding hydrogens is 274 g/mol. The second-order valence-corrected chi connectivity index (χ2v) is 5.79. The summed E-state index contributed by atoms with van der Waals surface area (Å²) in [6.45, 7) is 6.38. The fraction of sp³-hybridized carbons (Fsp3) is 0.400. The summed E-state index contributed by atoms with van der Waals surface area (Å²) in [6, 6.07) is 5.66. The minimum absolute atomic E-state index is 0.0923. The minimum Gasteiger partial charge on any atom is -0.496 e. The van der Waals surface area contributed by atoms with Crippen molar-refractivity contribution in [3.05, 3.63) is 35.9 Å². The number of nitrogens with zero attached hydrogens (tertiary/aromatic N) is 1. The zero-order valence-corrected chi connectivity index (χ0v) is 12.8. The normalized spacial score (nSPS) is 18.2. The van der Waals surface area contributed by atoms with Crippen molar-refractivity contribution >= 4 is 17.7 Å². The highest BCUT2D eigenvalue weighted by atomic mass is 32.2. The molecule has 1 amide bonds. The summed E-state index contributed by atoms with van der Waals surface area (Å²) < 4.78 is 10.9. The van der Waals surface area contributed by atoms with Crippen molar-refractivity contribution < 1.29 is 14.3 Å². The van der Waals surface area contributed by atoms with Crippen LogP contribution in [0, 0.1) is 0 Å². The molecular formula is C15H19NO3S. The summed E-state index contributed by atoms with van der Waals surface area (Å²) in [5, 5.41) is -0.0923. The number of carbonyl (C=O) groups is 1. The molecule has 0 aromatic heterocycles. The van der Waals surface area contributed by atoms with Crippen LogP contribution in [-0.2, 0) is 4.79 Å². The fourth-order valence-corrected chi connectivity index (χ4v) is 3.52. The van der Waals surface area contributed by atoms with Gasteiger partial charge in [-0.2, -0.15) is 0 Å². The Balaban J connectivity index is 2.43. The molecule has 5 heteroatoms. The Morgan fingerprint density at radius 1 is 1.40 bits per heavy atom. The van der Waals surface area contributed by atoms with Gasteiger partial charge in [-0.3, -0.25) is 4.79 Å². The first kappa shape index (κ1) is 14.8. The first-order chi connectivity index (χ1) is 9.58. The first-order valence-electron chi connectivity index (χ1n) is 6.34. The van der Waals surface area contributed by atoms with Crippen molar-refractivity contribution in [3.63, 3.8) is 0 Å². The number of ether oxygens (including phenoxy) is 2. The maximum absolute atomic E-state index is 12.1. The summed E-state index contributed by atoms with van der Waals surface area (Å²) in [5.74, 6) is 2.07. The molecule has 0 saturated carbocycles. The van der Waals surface area contributed by atoms with Crippen molar-refractivity contribution in [2.45, 2.75) is 12.3 Å². The van der Waals surface area contributed by atoms with E-state index >= 15 is 0 Å². The molecule has 2 rings (SSSR count). The minimum atomic E-state index is -0.0923. The van der Waals surface area contributed by atoms with Crippen LogP contribution in [0.3, 0.4) is 0 Å². The summed E-state index contributed by atoms with van der Waals surface area (Å²) in [5.41, 5.74) is 1.87. The number of hydrogen-bond donors (Lipinski definition) is 0. The molecule has 0 N–H and O–H groups in total. The van der Waals surface area contributed by atoms with Gasteiger partial charge in [0.25, 0.3) is 0 Å². The molecule has 0 radical (unpaired) electrons. The summed E-state index contributed by atoms with van der Waals surface area (Å²) in [6.07, 6.45) is 0. The third-order valence-corrected chi connectivity index (χ3v) is 4.34. The van der Waals surface area contributed by atoms with Crippen LogP contribution in [0.1, 0.15) is 17.9 Å². The van der Waals surface area contributed by atoms with E-state index in [0.717, 1.165) is 22.6 Å². The number of thioether (sulfide) groups is 1. The molecule has 20 heavy (non-hydrogen) atoms. The van der Waals surface area contributed by atoms with Crippen LogP contribution < -0.4 is 9.47 Å². The van der Waals surface area contributed by atoms with Crippen LogP contribution in [0.15, 0.2) is 30.4 Å². The molecule has 1 aliphatic heterocycles. The third-order valence-electron chi connectivity index (χ3n) is 3.12. The molecule has 1 saturated heterocycles. The van der Waals surface area contributed by atoms with Gasteiger partial charge < -0.3 is 14.4 Å². The van der Waals surface area contributed by atoms with Gasteiger partial charge in [-0.15, -0.1) is 11.8 Å². The fourth-order valence-electron chi connectivity index (χ4n) is 2.28. The Bertz CT molecular complexity index is 508. The largest absolute Gasteiger partial charge is 0.496 e. The number of benzene rings is 1. The Morgan fingerprint density at radius 3 is 2.50 bits per heavy atom. The lowest BCUT2D eigenvalue weighted by Crippen LogP contribution is -2.30. The summed E-state index contributed by atoms with van der Waals surface area (Å²) in [7, 11) is 3.26. The van der Waals surface area contributed by atoms with Gasteiger partial charge in [-0.1, -0.05) is 18.2 Å². The van der Waals surface area contributed by atoms with Crippen LogP contribution in [0.4, 0.5) is 0 Å². The van der Waals surface area contributed by atoms with Gasteiger partial charge >= 0.3 is 0 Å². The van der Waals surface area contributed by atoms with E-state index in [2.05, 4.69) is 6.58 Å². The average molecular weight is 293 g/mol. The quantitative estimate of drug-likeness (QED) is 0.783. The predicted molar refractivity (Wildman–Crippen MR) is 81.3 cm³/mol. The van der Waals surface area contributed by atoms with Crippen molar-refractivity contribution in [2.75, 3.05) is 26.5 Å². The van der Waals surface area contributed by atoms with Crippen molar-refractivity contribution in [1.82, 2.24) is 4.90 Å². The lowest BCUT2D eigenvalue weighted by Gasteiger charge is -2.26. The van der Waals surface area contributed by atoms with E-state index < -0.39 is 0 Å². The van der Waals surface area contributed by atoms with Crippen LogP contribution in [0.5, 0.6) is 11.5 Å². The molecule has 1 aliphatic rings. The van der Waals surface area contributed by atoms with E-state index in [1.807, 2.05) is 30.0 Å². The highest BCUT2D eigenvalue weighted by Gasteiger charge is 2.36. The van der Waals surface area contributed by atoms with Crippen LogP contribution in [0.25, 0.3) is 0 Å². The molecule has 0 bridgehead atoms. The standard InChI is InChI=1S/C15H19NO3S/c1-10(2)8-16-13(17)9-20-15(16)14-11(18-3)6-5-7-12(14)19-4/h5-7,15H,1,8-9H2,2-4H3. The number of rotatable bonds is 5. The molecule has 1 unspecified atom stereocenters. The molecule has 0 aliphatic carbocycles. The zero-order chi connectivity index (χ0) is 14.7. The zero-order valence-electron chi connectivity index (χ0n) is 12.0. The summed E-state index contributed by atoms with van der Waals surface area (Å²) >= 11 is 1.59. The lowest BCUT2D eigenvalue weighted by atomic mass is 10.1. The van der Waals surface area contributed by atoms with Gasteiger partial charge in [0.15, 0.2) is 0 Å². The average Bonchev–Trinajstić information content (AvgIpc) is 2.78. The second-order valence-electron chi connectivity index (χ2n) is 4.72. The molecule has 1 fully saturated rings. The maximum Gasteiger partial charge on any atom is 0.234 e. The predicted octanol–water partition coefficient (Wildman–Crippen LogP) is 2.85. The monoisotopic (exact) mass is 293 g/mol. The van der Waals surface area contributed by atoms with Gasteiger partial charge in [0.1, 0.15) is 16.9 Å². The van der Waals surface area contributed by atoms with E-state index in [-0.39, 0.29) is 11.3 Å². The number of amides is 1. The highest BCUT2D eigenvalue weighted by Crippen LogP contribution is 2.46. The van der Waals surface area contributed by atoms with Crippen molar-refractivity contribution in [2.24, 2.45) is 0 Å². The number of carbonyl (C=O) groups excluding carboxylic acids is 1. The maximum atomic E-state index is 12.1. The van der Waals surface area contributed by atoms with E-state index in [9.17, 15) is 4.79 Å². The van der Waals surface area contributed by atoms with Crippen LogP contribution >= 0.6 is 11.8 Å². The summed E-state index contributed by atoms with van der Waals surface area (Å²) in [4.78, 5) is 13.9. The van der Waals surface area contributed by atoms with Gasteiger partial charge in [-0.05, 0) is 19.1 Å². The Kier molecular flexibility index (Phi) is 4.60. The van der Waals surface area contributed by atoms with Gasteiger partial charge in [0.2, 0.25) is 5.91 Å². The van der Waals surface area contributed by atoms with Crippen LogP contribution in [0.2, 0.25) is 0 Å².